The monoisotopic (exact) mass is 368 g/mol. The lowest BCUT2D eigenvalue weighted by atomic mass is 9.62. The average molecular weight is 368 g/mol. The van der Waals surface area contributed by atoms with Gasteiger partial charge in [-0.05, 0) is 24.5 Å². The third-order valence-electron chi connectivity index (χ3n) is 7.59. The number of benzene rings is 1. The van der Waals surface area contributed by atoms with Crippen LogP contribution in [0.5, 0.6) is 0 Å². The summed E-state index contributed by atoms with van der Waals surface area (Å²) in [5.74, 6) is -0.365. The van der Waals surface area contributed by atoms with Gasteiger partial charge >= 0.3 is 5.97 Å². The van der Waals surface area contributed by atoms with Gasteiger partial charge in [0.1, 0.15) is 0 Å². The Hall–Kier alpha value is -1.89. The number of hydrogen-bond donors (Lipinski definition) is 1. The molecule has 2 bridgehead atoms. The first kappa shape index (κ1) is 16.1. The maximum atomic E-state index is 13.2. The molecule has 0 aliphatic carbocycles. The molecular formula is C21H24N2O4. The van der Waals surface area contributed by atoms with Crippen molar-refractivity contribution in [2.24, 2.45) is 5.41 Å². The molecule has 0 amide bonds. The number of methoxy groups -OCH3 is 1. The molecule has 4 aliphatic rings. The molecule has 0 spiro atoms. The quantitative estimate of drug-likeness (QED) is 0.821. The number of esters is 1. The Morgan fingerprint density at radius 1 is 1.41 bits per heavy atom. The molecule has 4 aliphatic heterocycles. The fourth-order valence-electron chi connectivity index (χ4n) is 6.64. The highest BCUT2D eigenvalue weighted by Crippen LogP contribution is 2.66. The smallest absolute Gasteiger partial charge is 0.360 e. The summed E-state index contributed by atoms with van der Waals surface area (Å²) in [6.45, 7) is 3.68. The molecule has 1 aromatic heterocycles. The predicted molar refractivity (Wildman–Crippen MR) is 98.2 cm³/mol. The standard InChI is InChI=1S/C21H24N2O4/c1-3-20-11-21(19(25)26-2)23-14-7-5-4-6-12(14)13-8-9-22(17(20)16(13)23)10-15(24)18(20)27-21/h4-7,15,17-18,24H,3,8-11H2,1-2H3. The summed E-state index contributed by atoms with van der Waals surface area (Å²) in [7, 11) is 1.42. The van der Waals surface area contributed by atoms with Crippen LogP contribution in [0, 0.1) is 5.41 Å². The molecular weight excluding hydrogens is 344 g/mol. The van der Waals surface area contributed by atoms with Crippen molar-refractivity contribution in [1.29, 1.82) is 0 Å². The minimum absolute atomic E-state index is 0.173. The van der Waals surface area contributed by atoms with Gasteiger partial charge in [0.15, 0.2) is 0 Å². The second-order valence-corrected chi connectivity index (χ2v) is 8.51. The summed E-state index contributed by atoms with van der Waals surface area (Å²) < 4.78 is 13.9. The SMILES string of the molecule is CCC12CC3(C(=O)OC)OC1C(O)CN1CCc4c(n3c3ccccc43)C12. The molecule has 5 atom stereocenters. The first-order valence-electron chi connectivity index (χ1n) is 9.88. The number of piperidine rings is 1. The second kappa shape index (κ2) is 4.93. The number of para-hydroxylation sites is 1. The molecule has 0 saturated carbocycles. The van der Waals surface area contributed by atoms with Gasteiger partial charge < -0.3 is 19.1 Å². The Balaban J connectivity index is 1.77. The summed E-state index contributed by atoms with van der Waals surface area (Å²) >= 11 is 0. The summed E-state index contributed by atoms with van der Waals surface area (Å²) in [4.78, 5) is 15.6. The van der Waals surface area contributed by atoms with Crippen molar-refractivity contribution in [3.05, 3.63) is 35.5 Å². The molecule has 2 aromatic rings. The lowest BCUT2D eigenvalue weighted by Gasteiger charge is -2.55. The van der Waals surface area contributed by atoms with Crippen molar-refractivity contribution in [3.8, 4) is 0 Å². The summed E-state index contributed by atoms with van der Waals surface area (Å²) in [5.41, 5.74) is 2.11. The minimum atomic E-state index is -1.19. The zero-order valence-electron chi connectivity index (χ0n) is 15.6. The molecule has 142 valence electrons. The van der Waals surface area contributed by atoms with Crippen LogP contribution in [-0.2, 0) is 26.4 Å². The predicted octanol–water partition coefficient (Wildman–Crippen LogP) is 1.94. The molecule has 5 heterocycles. The lowest BCUT2D eigenvalue weighted by molar-refractivity contribution is -0.191. The molecule has 1 aromatic carbocycles. The van der Waals surface area contributed by atoms with E-state index in [2.05, 4.69) is 34.6 Å². The van der Waals surface area contributed by atoms with Gasteiger partial charge in [-0.15, -0.1) is 0 Å². The van der Waals surface area contributed by atoms with Crippen LogP contribution in [-0.4, -0.2) is 53.0 Å². The number of carbonyl (C=O) groups excluding carboxylic acids is 1. The Kier molecular flexibility index (Phi) is 2.94. The lowest BCUT2D eigenvalue weighted by Crippen LogP contribution is -2.61. The molecule has 5 unspecified atom stereocenters. The Morgan fingerprint density at radius 2 is 2.22 bits per heavy atom. The number of fused-ring (bicyclic) bond motifs is 5. The molecule has 0 radical (unpaired) electrons. The van der Waals surface area contributed by atoms with Gasteiger partial charge in [0.05, 0.1) is 30.9 Å². The highest BCUT2D eigenvalue weighted by atomic mass is 16.6. The Morgan fingerprint density at radius 3 is 3.00 bits per heavy atom. The number of rotatable bonds is 2. The van der Waals surface area contributed by atoms with E-state index in [0.717, 1.165) is 24.9 Å². The fourth-order valence-corrected chi connectivity index (χ4v) is 6.64. The number of aliphatic hydroxyl groups excluding tert-OH is 1. The third kappa shape index (κ3) is 1.59. The van der Waals surface area contributed by atoms with Gasteiger partial charge in [-0.25, -0.2) is 4.79 Å². The molecule has 1 N–H and O–H groups in total. The largest absolute Gasteiger partial charge is 0.465 e. The molecule has 6 heteroatoms. The van der Waals surface area contributed by atoms with E-state index >= 15 is 0 Å². The minimum Gasteiger partial charge on any atom is -0.465 e. The van der Waals surface area contributed by atoms with E-state index in [0.29, 0.717) is 13.0 Å². The van der Waals surface area contributed by atoms with Gasteiger partial charge in [-0.3, -0.25) is 4.90 Å². The van der Waals surface area contributed by atoms with Crippen molar-refractivity contribution in [3.63, 3.8) is 0 Å². The summed E-state index contributed by atoms with van der Waals surface area (Å²) in [6, 6.07) is 8.47. The number of ether oxygens (including phenoxy) is 2. The first-order chi connectivity index (χ1) is 13.1. The van der Waals surface area contributed by atoms with Gasteiger partial charge in [-0.1, -0.05) is 25.1 Å². The van der Waals surface area contributed by atoms with Crippen LogP contribution in [0.2, 0.25) is 0 Å². The van der Waals surface area contributed by atoms with Crippen LogP contribution in [0.25, 0.3) is 10.9 Å². The van der Waals surface area contributed by atoms with Crippen LogP contribution in [0.3, 0.4) is 0 Å². The molecule has 27 heavy (non-hydrogen) atoms. The highest BCUT2D eigenvalue weighted by molar-refractivity contribution is 5.90. The third-order valence-corrected chi connectivity index (χ3v) is 7.59. The number of hydrogen-bond acceptors (Lipinski definition) is 5. The highest BCUT2D eigenvalue weighted by Gasteiger charge is 2.72. The molecule has 2 fully saturated rings. The maximum absolute atomic E-state index is 13.2. The fraction of sp³-hybridized carbons (Fsp3) is 0.571. The number of nitrogens with zero attached hydrogens (tertiary/aromatic N) is 2. The first-order valence-corrected chi connectivity index (χ1v) is 9.88. The van der Waals surface area contributed by atoms with E-state index < -0.39 is 11.8 Å². The van der Waals surface area contributed by atoms with Gasteiger partial charge in [0, 0.05) is 36.0 Å². The van der Waals surface area contributed by atoms with Gasteiger partial charge in [-0.2, -0.15) is 0 Å². The van der Waals surface area contributed by atoms with E-state index in [-0.39, 0.29) is 23.5 Å². The topological polar surface area (TPSA) is 63.9 Å². The zero-order valence-corrected chi connectivity index (χ0v) is 15.6. The van der Waals surface area contributed by atoms with Crippen LogP contribution >= 0.6 is 0 Å². The number of carbonyl (C=O) groups is 1. The van der Waals surface area contributed by atoms with Crippen molar-refractivity contribution >= 4 is 16.9 Å². The van der Waals surface area contributed by atoms with Crippen molar-refractivity contribution in [2.45, 2.75) is 50.2 Å². The van der Waals surface area contributed by atoms with Gasteiger partial charge in [0.2, 0.25) is 5.72 Å². The molecule has 6 nitrogen and oxygen atoms in total. The summed E-state index contributed by atoms with van der Waals surface area (Å²) in [6.07, 6.45) is 1.39. The second-order valence-electron chi connectivity index (χ2n) is 8.51. The van der Waals surface area contributed by atoms with Crippen molar-refractivity contribution in [2.75, 3.05) is 20.2 Å². The molecule has 6 rings (SSSR count). The summed E-state index contributed by atoms with van der Waals surface area (Å²) in [5, 5.41) is 12.1. The van der Waals surface area contributed by atoms with Gasteiger partial charge in [0.25, 0.3) is 0 Å². The number of aliphatic hydroxyl groups is 1. The van der Waals surface area contributed by atoms with E-state index in [9.17, 15) is 9.90 Å². The van der Waals surface area contributed by atoms with Crippen LogP contribution in [0.1, 0.15) is 37.1 Å². The Labute approximate surface area is 157 Å². The Bertz CT molecular complexity index is 984. The average Bonchev–Trinajstić information content (AvgIpc) is 3.20. The normalized spacial score (nSPS) is 39.0. The van der Waals surface area contributed by atoms with E-state index in [1.807, 2.05) is 6.07 Å². The maximum Gasteiger partial charge on any atom is 0.360 e. The van der Waals surface area contributed by atoms with Crippen LogP contribution in [0.4, 0.5) is 0 Å². The zero-order chi connectivity index (χ0) is 18.6. The van der Waals surface area contributed by atoms with Crippen molar-refractivity contribution < 1.29 is 19.4 Å². The van der Waals surface area contributed by atoms with E-state index in [1.54, 1.807) is 0 Å². The van der Waals surface area contributed by atoms with E-state index in [1.165, 1.54) is 23.8 Å². The molecule has 2 saturated heterocycles. The van der Waals surface area contributed by atoms with E-state index in [4.69, 9.17) is 9.47 Å². The van der Waals surface area contributed by atoms with Crippen LogP contribution < -0.4 is 0 Å². The van der Waals surface area contributed by atoms with Crippen LogP contribution in [0.15, 0.2) is 24.3 Å². The van der Waals surface area contributed by atoms with Crippen molar-refractivity contribution in [1.82, 2.24) is 9.47 Å². The number of aromatic nitrogens is 1.